The van der Waals surface area contributed by atoms with Gasteiger partial charge in [0.25, 0.3) is 0 Å². The van der Waals surface area contributed by atoms with E-state index < -0.39 is 0 Å². The van der Waals surface area contributed by atoms with Gasteiger partial charge in [0.1, 0.15) is 5.82 Å². The third-order valence-corrected chi connectivity index (χ3v) is 2.76. The van der Waals surface area contributed by atoms with E-state index in [1.165, 1.54) is 6.42 Å². The fourth-order valence-corrected chi connectivity index (χ4v) is 1.76. The van der Waals surface area contributed by atoms with Gasteiger partial charge < -0.3 is 10.6 Å². The summed E-state index contributed by atoms with van der Waals surface area (Å²) in [5.41, 5.74) is 6.14. The molecule has 2 aliphatic rings. The van der Waals surface area contributed by atoms with Gasteiger partial charge in [-0.3, -0.25) is 10.9 Å². The summed E-state index contributed by atoms with van der Waals surface area (Å²) in [6, 6.07) is 0.560. The van der Waals surface area contributed by atoms with Crippen molar-refractivity contribution in [2.24, 2.45) is 0 Å². The highest BCUT2D eigenvalue weighted by molar-refractivity contribution is 14.1. The van der Waals surface area contributed by atoms with E-state index >= 15 is 0 Å². The summed E-state index contributed by atoms with van der Waals surface area (Å²) >= 11 is 2.23. The summed E-state index contributed by atoms with van der Waals surface area (Å²) < 4.78 is 1.10. The van der Waals surface area contributed by atoms with Gasteiger partial charge in [0.2, 0.25) is 0 Å². The lowest BCUT2D eigenvalue weighted by Gasteiger charge is -2.20. The molecule has 4 N–H and O–H groups in total. The van der Waals surface area contributed by atoms with Crippen LogP contribution in [-0.2, 0) is 0 Å². The minimum absolute atomic E-state index is 0.560. The zero-order chi connectivity index (χ0) is 9.10. The van der Waals surface area contributed by atoms with Gasteiger partial charge in [-0.15, -0.1) is 0 Å². The van der Waals surface area contributed by atoms with E-state index in [1.807, 2.05) is 6.08 Å². The molecule has 72 valence electrons. The van der Waals surface area contributed by atoms with Crippen molar-refractivity contribution in [3.63, 3.8) is 0 Å². The van der Waals surface area contributed by atoms with Gasteiger partial charge in [0.05, 0.1) is 3.70 Å². The van der Waals surface area contributed by atoms with Gasteiger partial charge >= 0.3 is 0 Å². The van der Waals surface area contributed by atoms with Gasteiger partial charge in [0, 0.05) is 12.6 Å². The third kappa shape index (κ3) is 2.50. The van der Waals surface area contributed by atoms with Gasteiger partial charge in [-0.05, 0) is 47.7 Å². The standard InChI is InChI=1S/C8H13IN4/c9-7-1-2-8(13-12-7)11-6-3-4-10-5-6/h1-2,6,10-13H,3-5H2. The number of hydrogen-bond acceptors (Lipinski definition) is 4. The first-order valence-corrected chi connectivity index (χ1v) is 5.49. The molecule has 2 heterocycles. The number of halogens is 1. The molecule has 1 unspecified atom stereocenters. The molecular formula is C8H13IN4. The Morgan fingerprint density at radius 1 is 1.38 bits per heavy atom. The van der Waals surface area contributed by atoms with Crippen LogP contribution in [-0.4, -0.2) is 19.1 Å². The number of rotatable bonds is 2. The molecule has 4 nitrogen and oxygen atoms in total. The Kier molecular flexibility index (Phi) is 2.94. The Morgan fingerprint density at radius 2 is 2.31 bits per heavy atom. The van der Waals surface area contributed by atoms with E-state index in [1.54, 1.807) is 0 Å². The normalized spacial score (nSPS) is 27.0. The molecule has 2 rings (SSSR count). The van der Waals surface area contributed by atoms with Crippen molar-refractivity contribution in [1.29, 1.82) is 0 Å². The molecule has 0 spiro atoms. The summed E-state index contributed by atoms with van der Waals surface area (Å²) in [5, 5.41) is 6.73. The smallest absolute Gasteiger partial charge is 0.118 e. The van der Waals surface area contributed by atoms with Crippen molar-refractivity contribution < 1.29 is 0 Å². The summed E-state index contributed by atoms with van der Waals surface area (Å²) in [6.45, 7) is 2.17. The van der Waals surface area contributed by atoms with Crippen LogP contribution in [0.5, 0.6) is 0 Å². The first kappa shape index (κ1) is 9.14. The largest absolute Gasteiger partial charge is 0.366 e. The minimum atomic E-state index is 0.560. The van der Waals surface area contributed by atoms with E-state index in [4.69, 9.17) is 0 Å². The summed E-state index contributed by atoms with van der Waals surface area (Å²) in [7, 11) is 0. The first-order valence-electron chi connectivity index (χ1n) is 4.41. The molecule has 5 heteroatoms. The fourth-order valence-electron chi connectivity index (χ4n) is 1.45. The van der Waals surface area contributed by atoms with Crippen molar-refractivity contribution >= 4 is 22.6 Å². The molecule has 13 heavy (non-hydrogen) atoms. The van der Waals surface area contributed by atoms with Crippen molar-refractivity contribution in [3.05, 3.63) is 21.7 Å². The summed E-state index contributed by atoms with van der Waals surface area (Å²) in [5.74, 6) is 1.05. The second-order valence-corrected chi connectivity index (χ2v) is 4.34. The lowest BCUT2D eigenvalue weighted by Crippen LogP contribution is -2.42. The topological polar surface area (TPSA) is 48.1 Å². The fraction of sp³-hybridized carbons (Fsp3) is 0.500. The summed E-state index contributed by atoms with van der Waals surface area (Å²) in [6.07, 6.45) is 5.29. The Labute approximate surface area is 91.3 Å². The van der Waals surface area contributed by atoms with Gasteiger partial charge in [0.15, 0.2) is 0 Å². The molecule has 1 atom stereocenters. The van der Waals surface area contributed by atoms with Crippen LogP contribution in [0.4, 0.5) is 0 Å². The van der Waals surface area contributed by atoms with Crippen LogP contribution in [0.3, 0.4) is 0 Å². The van der Waals surface area contributed by atoms with Crippen LogP contribution >= 0.6 is 22.6 Å². The first-order chi connectivity index (χ1) is 6.34. The predicted molar refractivity (Wildman–Crippen MR) is 60.9 cm³/mol. The number of allylic oxidation sites excluding steroid dienone is 2. The molecule has 0 saturated carbocycles. The summed E-state index contributed by atoms with van der Waals surface area (Å²) in [4.78, 5) is 0. The Morgan fingerprint density at radius 3 is 2.92 bits per heavy atom. The Hall–Kier alpha value is -0.430. The molecule has 0 radical (unpaired) electrons. The monoisotopic (exact) mass is 292 g/mol. The van der Waals surface area contributed by atoms with Gasteiger partial charge in [-0.25, -0.2) is 0 Å². The van der Waals surface area contributed by atoms with E-state index in [0.29, 0.717) is 6.04 Å². The van der Waals surface area contributed by atoms with Gasteiger partial charge in [-0.2, -0.15) is 0 Å². The molecule has 0 aromatic rings. The molecule has 0 aromatic heterocycles. The second-order valence-electron chi connectivity index (χ2n) is 3.18. The SMILES string of the molecule is IC1=CC=C(NC2CCNC2)NN1. The highest BCUT2D eigenvalue weighted by Crippen LogP contribution is 2.06. The van der Waals surface area contributed by atoms with Crippen LogP contribution < -0.4 is 21.5 Å². The second kappa shape index (κ2) is 4.19. The maximum Gasteiger partial charge on any atom is 0.118 e. The van der Waals surface area contributed by atoms with Crippen molar-refractivity contribution in [2.45, 2.75) is 12.5 Å². The predicted octanol–water partition coefficient (Wildman–Crippen LogP) is 0.163. The lowest BCUT2D eigenvalue weighted by molar-refractivity contribution is 0.547. The highest BCUT2D eigenvalue weighted by Gasteiger charge is 2.15. The van der Waals surface area contributed by atoms with Crippen molar-refractivity contribution in [3.8, 4) is 0 Å². The van der Waals surface area contributed by atoms with E-state index in [0.717, 1.165) is 22.6 Å². The average molecular weight is 292 g/mol. The van der Waals surface area contributed by atoms with E-state index in [9.17, 15) is 0 Å². The Balaban J connectivity index is 1.87. The van der Waals surface area contributed by atoms with Crippen LogP contribution in [0, 0.1) is 0 Å². The molecule has 0 aromatic carbocycles. The average Bonchev–Trinajstić information content (AvgIpc) is 2.62. The van der Waals surface area contributed by atoms with Crippen LogP contribution in [0.1, 0.15) is 6.42 Å². The van der Waals surface area contributed by atoms with Crippen molar-refractivity contribution in [2.75, 3.05) is 13.1 Å². The molecular weight excluding hydrogens is 279 g/mol. The molecule has 2 aliphatic heterocycles. The molecule has 0 amide bonds. The maximum atomic E-state index is 3.42. The Bertz CT molecular complexity index is 243. The zero-order valence-electron chi connectivity index (χ0n) is 7.23. The lowest BCUT2D eigenvalue weighted by atomic mass is 10.2. The number of hydrazine groups is 1. The van der Waals surface area contributed by atoms with Gasteiger partial charge in [-0.1, -0.05) is 0 Å². The maximum absolute atomic E-state index is 3.42. The van der Waals surface area contributed by atoms with E-state index in [2.05, 4.69) is 50.2 Å². The molecule has 1 fully saturated rings. The third-order valence-electron chi connectivity index (χ3n) is 2.13. The molecule has 0 aliphatic carbocycles. The van der Waals surface area contributed by atoms with E-state index in [-0.39, 0.29) is 0 Å². The minimum Gasteiger partial charge on any atom is -0.366 e. The zero-order valence-corrected chi connectivity index (χ0v) is 9.39. The van der Waals surface area contributed by atoms with Crippen LogP contribution in [0.15, 0.2) is 21.7 Å². The van der Waals surface area contributed by atoms with Crippen LogP contribution in [0.2, 0.25) is 0 Å². The quantitative estimate of drug-likeness (QED) is 0.433. The number of hydrogen-bond donors (Lipinski definition) is 4. The number of nitrogens with one attached hydrogen (secondary N) is 4. The molecule has 0 bridgehead atoms. The van der Waals surface area contributed by atoms with Crippen LogP contribution in [0.25, 0.3) is 0 Å². The molecule has 1 saturated heterocycles. The van der Waals surface area contributed by atoms with Crippen molar-refractivity contribution in [1.82, 2.24) is 21.5 Å². The highest BCUT2D eigenvalue weighted by atomic mass is 127.